The van der Waals surface area contributed by atoms with E-state index in [1.807, 2.05) is 13.1 Å². The molecule has 0 saturated heterocycles. The van der Waals surface area contributed by atoms with E-state index in [-0.39, 0.29) is 24.0 Å². The smallest absolute Gasteiger partial charge is 0.193 e. The van der Waals surface area contributed by atoms with Crippen molar-refractivity contribution < 1.29 is 0 Å². The lowest BCUT2D eigenvalue weighted by atomic mass is 10.2. The van der Waals surface area contributed by atoms with Crippen LogP contribution in [-0.2, 0) is 6.54 Å². The van der Waals surface area contributed by atoms with Gasteiger partial charge < -0.3 is 10.2 Å². The van der Waals surface area contributed by atoms with E-state index >= 15 is 0 Å². The molecule has 0 spiro atoms. The molecule has 1 aromatic carbocycles. The topological polar surface area (TPSA) is 27.6 Å². The first-order valence-corrected chi connectivity index (χ1v) is 6.23. The molecule has 0 aliphatic carbocycles. The Morgan fingerprint density at radius 3 is 2.50 bits per heavy atom. The molecule has 0 heterocycles. The molecular formula is C14H24IN3. The average molecular weight is 361 g/mol. The number of guanidine groups is 1. The highest BCUT2D eigenvalue weighted by atomic mass is 127. The second-order valence-corrected chi connectivity index (χ2v) is 4.17. The summed E-state index contributed by atoms with van der Waals surface area (Å²) in [5, 5.41) is 3.37. The Balaban J connectivity index is 0.00000289. The Hall–Kier alpha value is -0.780. The second-order valence-electron chi connectivity index (χ2n) is 4.17. The third-order valence-corrected chi connectivity index (χ3v) is 2.65. The third-order valence-electron chi connectivity index (χ3n) is 2.65. The molecule has 0 aliphatic heterocycles. The van der Waals surface area contributed by atoms with Crippen molar-refractivity contribution in [1.29, 1.82) is 0 Å². The van der Waals surface area contributed by atoms with E-state index in [1.165, 1.54) is 18.4 Å². The Morgan fingerprint density at radius 1 is 1.28 bits per heavy atom. The minimum atomic E-state index is 0. The van der Waals surface area contributed by atoms with Gasteiger partial charge in [0, 0.05) is 27.2 Å². The molecule has 1 rings (SSSR count). The molecule has 1 aromatic rings. The van der Waals surface area contributed by atoms with Crippen molar-refractivity contribution in [3.8, 4) is 0 Å². The van der Waals surface area contributed by atoms with Gasteiger partial charge in [0.05, 0.1) is 0 Å². The lowest BCUT2D eigenvalue weighted by Crippen LogP contribution is -2.38. The maximum absolute atomic E-state index is 4.29. The van der Waals surface area contributed by atoms with Crippen LogP contribution in [0, 0.1) is 0 Å². The molecule has 0 radical (unpaired) electrons. The molecule has 0 fully saturated rings. The van der Waals surface area contributed by atoms with Gasteiger partial charge in [0.25, 0.3) is 0 Å². The molecule has 0 aliphatic rings. The van der Waals surface area contributed by atoms with Gasteiger partial charge in [0.2, 0.25) is 0 Å². The summed E-state index contributed by atoms with van der Waals surface area (Å²) in [7, 11) is 3.89. The highest BCUT2D eigenvalue weighted by Crippen LogP contribution is 2.02. The zero-order valence-corrected chi connectivity index (χ0v) is 13.8. The SMILES string of the molecule is CCCCNC(=NC)N(C)Cc1ccccc1.I. The van der Waals surface area contributed by atoms with Gasteiger partial charge in [-0.2, -0.15) is 0 Å². The van der Waals surface area contributed by atoms with Crippen LogP contribution in [-0.4, -0.2) is 31.5 Å². The number of nitrogens with zero attached hydrogens (tertiary/aromatic N) is 2. The minimum absolute atomic E-state index is 0. The molecule has 0 aromatic heterocycles. The van der Waals surface area contributed by atoms with Gasteiger partial charge >= 0.3 is 0 Å². The van der Waals surface area contributed by atoms with Gasteiger partial charge in [-0.15, -0.1) is 24.0 Å². The predicted molar refractivity (Wildman–Crippen MR) is 89.6 cm³/mol. The summed E-state index contributed by atoms with van der Waals surface area (Å²) in [6.07, 6.45) is 2.38. The summed E-state index contributed by atoms with van der Waals surface area (Å²) in [6.45, 7) is 4.06. The zero-order chi connectivity index (χ0) is 12.5. The Labute approximate surface area is 128 Å². The Bertz CT molecular complexity index is 338. The fourth-order valence-corrected chi connectivity index (χ4v) is 1.69. The van der Waals surface area contributed by atoms with Crippen molar-refractivity contribution >= 4 is 29.9 Å². The fraction of sp³-hybridized carbons (Fsp3) is 0.500. The van der Waals surface area contributed by atoms with Crippen LogP contribution in [0.3, 0.4) is 0 Å². The third kappa shape index (κ3) is 6.23. The predicted octanol–water partition coefficient (Wildman–Crippen LogP) is 3.11. The van der Waals surface area contributed by atoms with E-state index in [1.54, 1.807) is 0 Å². The van der Waals surface area contributed by atoms with Gasteiger partial charge in [0.15, 0.2) is 5.96 Å². The molecule has 3 nitrogen and oxygen atoms in total. The molecule has 18 heavy (non-hydrogen) atoms. The molecule has 102 valence electrons. The molecule has 0 amide bonds. The van der Waals surface area contributed by atoms with Gasteiger partial charge in [-0.05, 0) is 12.0 Å². The first-order valence-electron chi connectivity index (χ1n) is 6.23. The normalized spacial score (nSPS) is 10.7. The van der Waals surface area contributed by atoms with E-state index in [4.69, 9.17) is 0 Å². The first kappa shape index (κ1) is 17.2. The number of rotatable bonds is 5. The van der Waals surface area contributed by atoms with Crippen LogP contribution in [0.25, 0.3) is 0 Å². The summed E-state index contributed by atoms with van der Waals surface area (Å²) in [4.78, 5) is 6.43. The van der Waals surface area contributed by atoms with Crippen LogP contribution in [0.5, 0.6) is 0 Å². The highest BCUT2D eigenvalue weighted by Gasteiger charge is 2.05. The molecule has 0 bridgehead atoms. The monoisotopic (exact) mass is 361 g/mol. The van der Waals surface area contributed by atoms with Crippen molar-refractivity contribution in [1.82, 2.24) is 10.2 Å². The average Bonchev–Trinajstić information content (AvgIpc) is 2.36. The molecular weight excluding hydrogens is 337 g/mol. The van der Waals surface area contributed by atoms with Crippen molar-refractivity contribution in [3.05, 3.63) is 35.9 Å². The van der Waals surface area contributed by atoms with Gasteiger partial charge in [-0.3, -0.25) is 4.99 Å². The molecule has 0 saturated carbocycles. The van der Waals surface area contributed by atoms with Crippen LogP contribution in [0.15, 0.2) is 35.3 Å². The van der Waals surface area contributed by atoms with Crippen LogP contribution in [0.2, 0.25) is 0 Å². The van der Waals surface area contributed by atoms with Gasteiger partial charge in [-0.1, -0.05) is 43.7 Å². The van der Waals surface area contributed by atoms with Crippen LogP contribution >= 0.6 is 24.0 Å². The van der Waals surface area contributed by atoms with Gasteiger partial charge in [-0.25, -0.2) is 0 Å². The van der Waals surface area contributed by atoms with Crippen LogP contribution in [0.1, 0.15) is 25.3 Å². The number of aliphatic imine (C=N–C) groups is 1. The number of unbranched alkanes of at least 4 members (excludes halogenated alkanes) is 1. The van der Waals surface area contributed by atoms with E-state index < -0.39 is 0 Å². The minimum Gasteiger partial charge on any atom is -0.356 e. The Kier molecular flexibility index (Phi) is 9.73. The maximum atomic E-state index is 4.29. The van der Waals surface area contributed by atoms with Gasteiger partial charge in [0.1, 0.15) is 0 Å². The standard InChI is InChI=1S/C14H23N3.HI/c1-4-5-11-16-14(15-2)17(3)12-13-9-7-6-8-10-13;/h6-10H,4-5,11-12H2,1-3H3,(H,15,16);1H. The largest absolute Gasteiger partial charge is 0.356 e. The van der Waals surface area contributed by atoms with Crippen LogP contribution in [0.4, 0.5) is 0 Å². The maximum Gasteiger partial charge on any atom is 0.193 e. The highest BCUT2D eigenvalue weighted by molar-refractivity contribution is 14.0. The molecule has 0 unspecified atom stereocenters. The lowest BCUT2D eigenvalue weighted by molar-refractivity contribution is 0.475. The van der Waals surface area contributed by atoms with Crippen molar-refractivity contribution in [3.63, 3.8) is 0 Å². The quantitative estimate of drug-likeness (QED) is 0.378. The summed E-state index contributed by atoms with van der Waals surface area (Å²) >= 11 is 0. The summed E-state index contributed by atoms with van der Waals surface area (Å²) in [5.41, 5.74) is 1.30. The van der Waals surface area contributed by atoms with E-state index in [2.05, 4.69) is 53.4 Å². The summed E-state index contributed by atoms with van der Waals surface area (Å²) in [6, 6.07) is 10.4. The molecule has 1 N–H and O–H groups in total. The van der Waals surface area contributed by atoms with Crippen molar-refractivity contribution in [2.24, 2.45) is 4.99 Å². The zero-order valence-electron chi connectivity index (χ0n) is 11.5. The van der Waals surface area contributed by atoms with E-state index in [9.17, 15) is 0 Å². The summed E-state index contributed by atoms with van der Waals surface area (Å²) < 4.78 is 0. The number of benzene rings is 1. The van der Waals surface area contributed by atoms with Crippen molar-refractivity contribution in [2.75, 3.05) is 20.6 Å². The number of halogens is 1. The fourth-order valence-electron chi connectivity index (χ4n) is 1.69. The number of nitrogens with one attached hydrogen (secondary N) is 1. The van der Waals surface area contributed by atoms with E-state index in [0.717, 1.165) is 19.0 Å². The molecule has 0 atom stereocenters. The van der Waals surface area contributed by atoms with E-state index in [0.29, 0.717) is 0 Å². The lowest BCUT2D eigenvalue weighted by Gasteiger charge is -2.22. The second kappa shape index (κ2) is 10.2. The molecule has 4 heteroatoms. The number of hydrogen-bond donors (Lipinski definition) is 1. The van der Waals surface area contributed by atoms with Crippen molar-refractivity contribution in [2.45, 2.75) is 26.3 Å². The Morgan fingerprint density at radius 2 is 1.94 bits per heavy atom. The number of hydrogen-bond acceptors (Lipinski definition) is 1. The summed E-state index contributed by atoms with van der Waals surface area (Å²) in [5.74, 6) is 0.960. The van der Waals surface area contributed by atoms with Crippen LogP contribution < -0.4 is 5.32 Å². The first-order chi connectivity index (χ1) is 8.27.